The molecule has 1 amide bonds. The van der Waals surface area contributed by atoms with Gasteiger partial charge in [-0.15, -0.1) is 12.6 Å². The number of hydrogen-bond donors (Lipinski definition) is 1. The zero-order valence-electron chi connectivity index (χ0n) is 9.97. The molecule has 0 unspecified atom stereocenters. The highest BCUT2D eigenvalue weighted by Gasteiger charge is 2.55. The Morgan fingerprint density at radius 1 is 1.29 bits per heavy atom. The van der Waals surface area contributed by atoms with Crippen LogP contribution >= 0.6 is 12.6 Å². The van der Waals surface area contributed by atoms with Crippen molar-refractivity contribution in [3.63, 3.8) is 0 Å². The van der Waals surface area contributed by atoms with Crippen LogP contribution in [-0.4, -0.2) is 17.4 Å². The van der Waals surface area contributed by atoms with E-state index in [0.717, 1.165) is 11.1 Å². The van der Waals surface area contributed by atoms with Crippen LogP contribution < -0.4 is 0 Å². The first-order valence-electron chi connectivity index (χ1n) is 5.80. The van der Waals surface area contributed by atoms with Crippen LogP contribution in [0, 0.1) is 5.41 Å². The monoisotopic (exact) mass is 245 g/mol. The van der Waals surface area contributed by atoms with Crippen molar-refractivity contribution in [3.8, 4) is 0 Å². The van der Waals surface area contributed by atoms with E-state index in [9.17, 15) is 4.79 Å². The Morgan fingerprint density at radius 2 is 2.00 bits per heavy atom. The molecule has 3 rings (SSSR count). The summed E-state index contributed by atoms with van der Waals surface area (Å²) in [4.78, 5) is 13.7. The second-order valence-corrected chi connectivity index (χ2v) is 5.90. The molecule has 2 nitrogen and oxygen atoms in total. The SMILES string of the molecule is CC1(C)C=CCN2C(=O)c3ccccc3[C@@]21S. The van der Waals surface area contributed by atoms with Gasteiger partial charge in [0.2, 0.25) is 0 Å². The van der Waals surface area contributed by atoms with Crippen LogP contribution in [0.5, 0.6) is 0 Å². The lowest BCUT2D eigenvalue weighted by molar-refractivity contribution is 0.0558. The second-order valence-electron chi connectivity index (χ2n) is 5.26. The van der Waals surface area contributed by atoms with Crippen molar-refractivity contribution >= 4 is 18.5 Å². The maximum absolute atomic E-state index is 12.4. The summed E-state index contributed by atoms with van der Waals surface area (Å²) in [5, 5.41) is 0. The van der Waals surface area contributed by atoms with E-state index in [4.69, 9.17) is 12.6 Å². The quantitative estimate of drug-likeness (QED) is 0.550. The summed E-state index contributed by atoms with van der Waals surface area (Å²) >= 11 is 4.88. The van der Waals surface area contributed by atoms with E-state index in [1.807, 2.05) is 29.2 Å². The summed E-state index contributed by atoms with van der Waals surface area (Å²) in [6.07, 6.45) is 4.21. The van der Waals surface area contributed by atoms with Gasteiger partial charge in [-0.2, -0.15) is 0 Å². The fourth-order valence-electron chi connectivity index (χ4n) is 2.89. The molecule has 0 aromatic heterocycles. The standard InChI is InChI=1S/C14H15NOS/c1-13(2)8-5-9-15-12(16)10-6-3-4-7-11(10)14(13,15)17/h3-8,17H,9H2,1-2H3/t14-/m0/s1. The zero-order chi connectivity index (χ0) is 12.3. The first kappa shape index (κ1) is 10.9. The molecule has 88 valence electrons. The van der Waals surface area contributed by atoms with E-state index < -0.39 is 4.87 Å². The Labute approximate surface area is 107 Å². The number of thiol groups is 1. The third kappa shape index (κ3) is 1.15. The fraction of sp³-hybridized carbons (Fsp3) is 0.357. The van der Waals surface area contributed by atoms with Gasteiger partial charge in [0.15, 0.2) is 0 Å². The van der Waals surface area contributed by atoms with Crippen molar-refractivity contribution < 1.29 is 4.79 Å². The molecule has 1 atom stereocenters. The molecule has 3 heteroatoms. The van der Waals surface area contributed by atoms with Gasteiger partial charge in [0.05, 0.1) is 0 Å². The number of carbonyl (C=O) groups excluding carboxylic acids is 1. The summed E-state index contributed by atoms with van der Waals surface area (Å²) < 4.78 is 0. The van der Waals surface area contributed by atoms with E-state index in [-0.39, 0.29) is 11.3 Å². The molecule has 0 aliphatic carbocycles. The van der Waals surface area contributed by atoms with Crippen LogP contribution in [0.15, 0.2) is 36.4 Å². The number of nitrogens with zero attached hydrogens (tertiary/aromatic N) is 1. The van der Waals surface area contributed by atoms with E-state index in [2.05, 4.69) is 26.0 Å². The molecular weight excluding hydrogens is 230 g/mol. The Balaban J connectivity index is 2.31. The average Bonchev–Trinajstić information content (AvgIpc) is 2.53. The molecular formula is C14H15NOS. The summed E-state index contributed by atoms with van der Waals surface area (Å²) in [7, 11) is 0. The molecule has 0 spiro atoms. The highest BCUT2D eigenvalue weighted by Crippen LogP contribution is 2.55. The van der Waals surface area contributed by atoms with Crippen LogP contribution in [-0.2, 0) is 4.87 Å². The molecule has 0 saturated carbocycles. The Kier molecular flexibility index (Phi) is 2.03. The lowest BCUT2D eigenvalue weighted by Crippen LogP contribution is -2.51. The van der Waals surface area contributed by atoms with Gasteiger partial charge in [-0.1, -0.05) is 44.2 Å². The molecule has 0 radical (unpaired) electrons. The summed E-state index contributed by atoms with van der Waals surface area (Å²) in [5.41, 5.74) is 1.65. The van der Waals surface area contributed by atoms with Gasteiger partial charge in [-0.25, -0.2) is 0 Å². The lowest BCUT2D eigenvalue weighted by Gasteiger charge is -2.47. The lowest BCUT2D eigenvalue weighted by atomic mass is 9.77. The van der Waals surface area contributed by atoms with Crippen LogP contribution in [0.1, 0.15) is 29.8 Å². The topological polar surface area (TPSA) is 20.3 Å². The molecule has 0 N–H and O–H groups in total. The first-order chi connectivity index (χ1) is 7.98. The molecule has 1 aromatic rings. The highest BCUT2D eigenvalue weighted by molar-refractivity contribution is 7.81. The van der Waals surface area contributed by atoms with E-state index in [0.29, 0.717) is 6.54 Å². The van der Waals surface area contributed by atoms with Crippen molar-refractivity contribution in [2.75, 3.05) is 6.54 Å². The number of rotatable bonds is 0. The summed E-state index contributed by atoms with van der Waals surface area (Å²) in [6, 6.07) is 7.79. The van der Waals surface area contributed by atoms with Crippen LogP contribution in [0.3, 0.4) is 0 Å². The number of benzene rings is 1. The van der Waals surface area contributed by atoms with Gasteiger partial charge in [-0.05, 0) is 6.07 Å². The van der Waals surface area contributed by atoms with Gasteiger partial charge in [0, 0.05) is 23.1 Å². The van der Waals surface area contributed by atoms with E-state index >= 15 is 0 Å². The molecule has 0 saturated heterocycles. The van der Waals surface area contributed by atoms with Gasteiger partial charge in [-0.3, -0.25) is 4.79 Å². The van der Waals surface area contributed by atoms with E-state index in [1.54, 1.807) is 0 Å². The molecule has 17 heavy (non-hydrogen) atoms. The maximum atomic E-state index is 12.4. The van der Waals surface area contributed by atoms with Crippen LogP contribution in [0.2, 0.25) is 0 Å². The second kappa shape index (κ2) is 3.16. The van der Waals surface area contributed by atoms with Gasteiger partial charge >= 0.3 is 0 Å². The molecule has 2 aliphatic rings. The van der Waals surface area contributed by atoms with Gasteiger partial charge < -0.3 is 4.90 Å². The predicted octanol–water partition coefficient (Wildman–Crippen LogP) is 2.82. The normalized spacial score (nSPS) is 29.1. The fourth-order valence-corrected chi connectivity index (χ4v) is 3.33. The Hall–Kier alpha value is -1.22. The maximum Gasteiger partial charge on any atom is 0.255 e. The number of hydrogen-bond acceptors (Lipinski definition) is 2. The third-order valence-electron chi connectivity index (χ3n) is 3.89. The highest BCUT2D eigenvalue weighted by atomic mass is 32.1. The Bertz CT molecular complexity index is 535. The van der Waals surface area contributed by atoms with Crippen molar-refractivity contribution in [2.45, 2.75) is 18.7 Å². The minimum absolute atomic E-state index is 0.0908. The van der Waals surface area contributed by atoms with Gasteiger partial charge in [0.1, 0.15) is 4.87 Å². The predicted molar refractivity (Wildman–Crippen MR) is 71.1 cm³/mol. The average molecular weight is 245 g/mol. The van der Waals surface area contributed by atoms with Crippen LogP contribution in [0.4, 0.5) is 0 Å². The number of amides is 1. The first-order valence-corrected chi connectivity index (χ1v) is 6.25. The van der Waals surface area contributed by atoms with Crippen LogP contribution in [0.25, 0.3) is 0 Å². The van der Waals surface area contributed by atoms with Gasteiger partial charge in [0.25, 0.3) is 5.91 Å². The number of carbonyl (C=O) groups is 1. The number of fused-ring (bicyclic) bond motifs is 3. The summed E-state index contributed by atoms with van der Waals surface area (Å²) in [6.45, 7) is 4.89. The minimum atomic E-state index is -0.518. The van der Waals surface area contributed by atoms with E-state index in [1.165, 1.54) is 0 Å². The zero-order valence-corrected chi connectivity index (χ0v) is 10.9. The smallest absolute Gasteiger partial charge is 0.255 e. The Morgan fingerprint density at radius 3 is 2.76 bits per heavy atom. The van der Waals surface area contributed by atoms with Crippen molar-refractivity contribution in [2.24, 2.45) is 5.41 Å². The minimum Gasteiger partial charge on any atom is -0.315 e. The largest absolute Gasteiger partial charge is 0.315 e. The molecule has 0 fully saturated rings. The molecule has 2 heterocycles. The third-order valence-corrected chi connectivity index (χ3v) is 4.95. The molecule has 2 aliphatic heterocycles. The van der Waals surface area contributed by atoms with Crippen molar-refractivity contribution in [3.05, 3.63) is 47.5 Å². The summed E-state index contributed by atoms with van der Waals surface area (Å²) in [5.74, 6) is 0.0908. The van der Waals surface area contributed by atoms with Crippen molar-refractivity contribution in [1.82, 2.24) is 4.90 Å². The molecule has 0 bridgehead atoms. The van der Waals surface area contributed by atoms with Crippen molar-refractivity contribution in [1.29, 1.82) is 0 Å². The molecule has 1 aromatic carbocycles.